The zero-order valence-electron chi connectivity index (χ0n) is 9.73. The molecule has 0 aliphatic carbocycles. The maximum atomic E-state index is 8.19. The van der Waals surface area contributed by atoms with Crippen LogP contribution in [0.15, 0.2) is 35.0 Å². The highest BCUT2D eigenvalue weighted by atomic mass is 32.1. The van der Waals surface area contributed by atoms with Crippen molar-refractivity contribution in [2.45, 2.75) is 20.0 Å². The molecule has 1 aromatic carbocycles. The van der Waals surface area contributed by atoms with Crippen LogP contribution in [-0.4, -0.2) is 10.7 Å². The number of thiophene rings is 1. The van der Waals surface area contributed by atoms with Crippen molar-refractivity contribution < 1.29 is 0 Å². The third-order valence-electron chi connectivity index (χ3n) is 3.27. The van der Waals surface area contributed by atoms with Gasteiger partial charge in [0, 0.05) is 18.7 Å². The zero-order chi connectivity index (χ0) is 11.8. The van der Waals surface area contributed by atoms with Crippen molar-refractivity contribution in [3.63, 3.8) is 0 Å². The number of nitrogens with zero attached hydrogens (tertiary/aromatic N) is 1. The van der Waals surface area contributed by atoms with Crippen LogP contribution < -0.4 is 0 Å². The second-order valence-corrected chi connectivity index (χ2v) is 5.19. The highest BCUT2D eigenvalue weighted by Crippen LogP contribution is 2.25. The van der Waals surface area contributed by atoms with Crippen molar-refractivity contribution in [2.24, 2.45) is 0 Å². The molecule has 2 heterocycles. The standard InChI is InChI=1S/C14H14N2S/c1-10-8-17-9-12(10)7-16-6-11-4-2-3-5-13(11)14(16)15/h2-5,8-9,15H,6-7H2,1H3. The number of nitrogens with one attached hydrogen (secondary N) is 1. The molecule has 2 aromatic rings. The number of fused-ring (bicyclic) bond motifs is 1. The van der Waals surface area contributed by atoms with Crippen LogP contribution in [0.1, 0.15) is 22.3 Å². The van der Waals surface area contributed by atoms with Gasteiger partial charge in [-0.2, -0.15) is 11.3 Å². The Bertz CT molecular complexity index is 571. The van der Waals surface area contributed by atoms with Gasteiger partial charge in [-0.1, -0.05) is 24.3 Å². The van der Waals surface area contributed by atoms with E-state index in [2.05, 4.69) is 28.7 Å². The summed E-state index contributed by atoms with van der Waals surface area (Å²) in [5.74, 6) is 0.659. The van der Waals surface area contributed by atoms with Crippen LogP contribution >= 0.6 is 11.3 Å². The topological polar surface area (TPSA) is 27.1 Å². The predicted molar refractivity (Wildman–Crippen MR) is 71.6 cm³/mol. The monoisotopic (exact) mass is 242 g/mol. The van der Waals surface area contributed by atoms with Crippen LogP contribution in [0.2, 0.25) is 0 Å². The average molecular weight is 242 g/mol. The summed E-state index contributed by atoms with van der Waals surface area (Å²) >= 11 is 1.74. The summed E-state index contributed by atoms with van der Waals surface area (Å²) < 4.78 is 0. The molecule has 0 radical (unpaired) electrons. The molecule has 3 rings (SSSR count). The first kappa shape index (κ1) is 10.5. The number of benzene rings is 1. The molecule has 3 heteroatoms. The number of aryl methyl sites for hydroxylation is 1. The van der Waals surface area contributed by atoms with Crippen molar-refractivity contribution in [3.8, 4) is 0 Å². The zero-order valence-corrected chi connectivity index (χ0v) is 10.6. The molecule has 1 aliphatic rings. The van der Waals surface area contributed by atoms with E-state index in [4.69, 9.17) is 5.41 Å². The van der Waals surface area contributed by atoms with Gasteiger partial charge >= 0.3 is 0 Å². The Morgan fingerprint density at radius 3 is 2.82 bits per heavy atom. The lowest BCUT2D eigenvalue weighted by Gasteiger charge is -2.17. The van der Waals surface area contributed by atoms with Crippen LogP contribution in [0, 0.1) is 12.3 Å². The lowest BCUT2D eigenvalue weighted by Crippen LogP contribution is -2.23. The van der Waals surface area contributed by atoms with Gasteiger partial charge < -0.3 is 4.90 Å². The molecular weight excluding hydrogens is 228 g/mol. The fraction of sp³-hybridized carbons (Fsp3) is 0.214. The van der Waals surface area contributed by atoms with Crippen LogP contribution in [0.5, 0.6) is 0 Å². The maximum absolute atomic E-state index is 8.19. The van der Waals surface area contributed by atoms with E-state index in [0.29, 0.717) is 5.84 Å². The molecule has 1 N–H and O–H groups in total. The molecule has 17 heavy (non-hydrogen) atoms. The Hall–Kier alpha value is -1.61. The van der Waals surface area contributed by atoms with E-state index in [1.807, 2.05) is 18.2 Å². The lowest BCUT2D eigenvalue weighted by atomic mass is 10.1. The molecular formula is C14H14N2S. The van der Waals surface area contributed by atoms with Gasteiger partial charge in [-0.25, -0.2) is 0 Å². The number of amidine groups is 1. The van der Waals surface area contributed by atoms with Gasteiger partial charge in [-0.05, 0) is 34.4 Å². The van der Waals surface area contributed by atoms with Crippen molar-refractivity contribution >= 4 is 17.2 Å². The van der Waals surface area contributed by atoms with Crippen molar-refractivity contribution in [1.82, 2.24) is 4.90 Å². The third-order valence-corrected chi connectivity index (χ3v) is 4.18. The predicted octanol–water partition coefficient (Wildman–Crippen LogP) is 3.40. The van der Waals surface area contributed by atoms with Crippen LogP contribution in [0.25, 0.3) is 0 Å². The minimum atomic E-state index is 0.659. The summed E-state index contributed by atoms with van der Waals surface area (Å²) in [5.41, 5.74) is 5.03. The van der Waals surface area contributed by atoms with Gasteiger partial charge in [-0.3, -0.25) is 5.41 Å². The summed E-state index contributed by atoms with van der Waals surface area (Å²) in [7, 11) is 0. The summed E-state index contributed by atoms with van der Waals surface area (Å²) in [6, 6.07) is 8.21. The normalized spacial score (nSPS) is 14.2. The van der Waals surface area contributed by atoms with E-state index in [9.17, 15) is 0 Å². The first-order chi connectivity index (χ1) is 8.25. The van der Waals surface area contributed by atoms with Gasteiger partial charge in [0.25, 0.3) is 0 Å². The van der Waals surface area contributed by atoms with Gasteiger partial charge in [0.05, 0.1) is 0 Å². The average Bonchev–Trinajstić information content (AvgIpc) is 2.87. The quantitative estimate of drug-likeness (QED) is 0.858. The molecule has 0 spiro atoms. The molecule has 0 fully saturated rings. The summed E-state index contributed by atoms with van der Waals surface area (Å²) in [6.07, 6.45) is 0. The Kier molecular flexibility index (Phi) is 2.48. The van der Waals surface area contributed by atoms with Crippen molar-refractivity contribution in [2.75, 3.05) is 0 Å². The molecule has 86 valence electrons. The molecule has 2 nitrogen and oxygen atoms in total. The smallest absolute Gasteiger partial charge is 0.129 e. The van der Waals surface area contributed by atoms with E-state index in [-0.39, 0.29) is 0 Å². The minimum absolute atomic E-state index is 0.659. The van der Waals surface area contributed by atoms with E-state index >= 15 is 0 Å². The first-order valence-electron chi connectivity index (χ1n) is 5.69. The van der Waals surface area contributed by atoms with E-state index < -0.39 is 0 Å². The van der Waals surface area contributed by atoms with Crippen molar-refractivity contribution in [1.29, 1.82) is 5.41 Å². The summed E-state index contributed by atoms with van der Waals surface area (Å²) in [6.45, 7) is 3.85. The summed E-state index contributed by atoms with van der Waals surface area (Å²) in [4.78, 5) is 2.14. The fourth-order valence-electron chi connectivity index (χ4n) is 2.23. The lowest BCUT2D eigenvalue weighted by molar-refractivity contribution is 0.422. The third kappa shape index (κ3) is 1.76. The van der Waals surface area contributed by atoms with Gasteiger partial charge in [-0.15, -0.1) is 0 Å². The van der Waals surface area contributed by atoms with E-state index in [0.717, 1.165) is 18.7 Å². The highest BCUT2D eigenvalue weighted by molar-refractivity contribution is 7.08. The minimum Gasteiger partial charge on any atom is -0.348 e. The second kappa shape index (κ2) is 4.00. The molecule has 1 aliphatic heterocycles. The number of hydrogen-bond acceptors (Lipinski definition) is 2. The highest BCUT2D eigenvalue weighted by Gasteiger charge is 2.23. The number of rotatable bonds is 2. The molecule has 0 unspecified atom stereocenters. The van der Waals surface area contributed by atoms with Crippen LogP contribution in [-0.2, 0) is 13.1 Å². The second-order valence-electron chi connectivity index (χ2n) is 4.44. The largest absolute Gasteiger partial charge is 0.348 e. The fourth-order valence-corrected chi connectivity index (χ4v) is 3.08. The molecule has 0 bridgehead atoms. The van der Waals surface area contributed by atoms with E-state index in [1.165, 1.54) is 16.7 Å². The Balaban J connectivity index is 1.85. The van der Waals surface area contributed by atoms with E-state index in [1.54, 1.807) is 11.3 Å². The van der Waals surface area contributed by atoms with Gasteiger partial charge in [0.2, 0.25) is 0 Å². The van der Waals surface area contributed by atoms with Gasteiger partial charge in [0.1, 0.15) is 5.84 Å². The Labute approximate surface area is 105 Å². The first-order valence-corrected chi connectivity index (χ1v) is 6.63. The summed E-state index contributed by atoms with van der Waals surface area (Å²) in [5, 5.41) is 12.5. The molecule has 0 saturated carbocycles. The Morgan fingerprint density at radius 2 is 2.12 bits per heavy atom. The van der Waals surface area contributed by atoms with Crippen LogP contribution in [0.3, 0.4) is 0 Å². The van der Waals surface area contributed by atoms with Crippen molar-refractivity contribution in [3.05, 3.63) is 57.3 Å². The van der Waals surface area contributed by atoms with Gasteiger partial charge in [0.15, 0.2) is 0 Å². The molecule has 0 amide bonds. The molecule has 0 atom stereocenters. The Morgan fingerprint density at radius 1 is 1.29 bits per heavy atom. The number of hydrogen-bond donors (Lipinski definition) is 1. The van der Waals surface area contributed by atoms with Crippen LogP contribution in [0.4, 0.5) is 0 Å². The SMILES string of the molecule is Cc1cscc1CN1Cc2ccccc2C1=N. The molecule has 0 saturated heterocycles. The maximum Gasteiger partial charge on any atom is 0.129 e. The molecule has 1 aromatic heterocycles.